The first kappa shape index (κ1) is 27.7. The lowest BCUT2D eigenvalue weighted by Gasteiger charge is -2.32. The van der Waals surface area contributed by atoms with E-state index in [1.165, 1.54) is 43.2 Å². The van der Waals surface area contributed by atoms with Crippen molar-refractivity contribution in [3.8, 4) is 0 Å². The van der Waals surface area contributed by atoms with Gasteiger partial charge in [-0.25, -0.2) is 4.79 Å². The average Bonchev–Trinajstić information content (AvgIpc) is 2.83. The largest absolute Gasteiger partial charge is 0.450 e. The number of rotatable bonds is 7. The summed E-state index contributed by atoms with van der Waals surface area (Å²) in [6, 6.07) is 9.72. The first-order valence-electron chi connectivity index (χ1n) is 12.3. The van der Waals surface area contributed by atoms with E-state index >= 15 is 0 Å². The van der Waals surface area contributed by atoms with Crippen LogP contribution >= 0.6 is 24.0 Å². The van der Waals surface area contributed by atoms with Crippen LogP contribution in [-0.2, 0) is 17.8 Å². The lowest BCUT2D eigenvalue weighted by molar-refractivity contribution is 0.0963. The molecule has 2 aliphatic rings. The second kappa shape index (κ2) is 14.7. The molecule has 1 saturated heterocycles. The monoisotopic (exact) mass is 571 g/mol. The van der Waals surface area contributed by atoms with Crippen LogP contribution in [0.25, 0.3) is 0 Å². The minimum atomic E-state index is -0.205. The van der Waals surface area contributed by atoms with Crippen molar-refractivity contribution in [1.29, 1.82) is 0 Å². The molecule has 186 valence electrons. The van der Waals surface area contributed by atoms with Crippen LogP contribution in [0.3, 0.4) is 0 Å². The molecule has 0 unspecified atom stereocenters. The molecule has 7 nitrogen and oxygen atoms in total. The summed E-state index contributed by atoms with van der Waals surface area (Å²) in [6.45, 7) is 5.42. The highest BCUT2D eigenvalue weighted by Crippen LogP contribution is 2.23. The van der Waals surface area contributed by atoms with Gasteiger partial charge in [0.05, 0.1) is 6.61 Å². The maximum atomic E-state index is 11.9. The van der Waals surface area contributed by atoms with E-state index in [0.717, 1.165) is 31.9 Å². The quantitative estimate of drug-likeness (QED) is 0.290. The number of benzene rings is 1. The third kappa shape index (κ3) is 8.63. The lowest BCUT2D eigenvalue weighted by Crippen LogP contribution is -2.49. The molecule has 0 radical (unpaired) electrons. The molecule has 1 saturated carbocycles. The third-order valence-electron chi connectivity index (χ3n) is 6.77. The molecular weight excluding hydrogens is 529 g/mol. The summed E-state index contributed by atoms with van der Waals surface area (Å²) in [7, 11) is 4.08. The van der Waals surface area contributed by atoms with Gasteiger partial charge in [-0.1, -0.05) is 43.5 Å². The van der Waals surface area contributed by atoms with Crippen LogP contribution in [-0.4, -0.2) is 67.7 Å². The average molecular weight is 572 g/mol. The Hall–Kier alpha value is -1.55. The van der Waals surface area contributed by atoms with Crippen molar-refractivity contribution < 1.29 is 9.53 Å². The highest BCUT2D eigenvalue weighted by molar-refractivity contribution is 14.0. The Bertz CT molecular complexity index is 746. The highest BCUT2D eigenvalue weighted by atomic mass is 127. The van der Waals surface area contributed by atoms with Crippen molar-refractivity contribution in [2.24, 2.45) is 4.99 Å². The number of nitrogens with zero attached hydrogens (tertiary/aromatic N) is 3. The van der Waals surface area contributed by atoms with Crippen LogP contribution in [0.1, 0.15) is 63.0 Å². The topological polar surface area (TPSA) is 69.2 Å². The van der Waals surface area contributed by atoms with E-state index < -0.39 is 0 Å². The number of likely N-dealkylation sites (tertiary alicyclic amines) is 1. The molecule has 3 rings (SSSR count). The zero-order chi connectivity index (χ0) is 22.8. The number of nitrogens with one attached hydrogen (secondary N) is 2. The molecule has 0 spiro atoms. The summed E-state index contributed by atoms with van der Waals surface area (Å²) in [5.74, 6) is 0.815. The summed E-state index contributed by atoms with van der Waals surface area (Å²) in [6.07, 6.45) is 8.33. The number of hydrogen-bond acceptors (Lipinski definition) is 4. The van der Waals surface area contributed by atoms with Crippen molar-refractivity contribution in [3.63, 3.8) is 0 Å². The SMILES string of the molecule is CCOC(=O)N1CCC(NC(=NC)NCc2ccccc2CN(C)C2CCCCC2)CC1.I. The van der Waals surface area contributed by atoms with Crippen LogP contribution in [0.2, 0.25) is 0 Å². The Morgan fingerprint density at radius 2 is 1.79 bits per heavy atom. The van der Waals surface area contributed by atoms with Gasteiger partial charge in [-0.15, -0.1) is 24.0 Å². The molecule has 2 fully saturated rings. The van der Waals surface area contributed by atoms with Gasteiger partial charge in [-0.05, 0) is 50.8 Å². The minimum Gasteiger partial charge on any atom is -0.450 e. The number of amides is 1. The maximum absolute atomic E-state index is 11.9. The third-order valence-corrected chi connectivity index (χ3v) is 6.77. The number of halogens is 1. The van der Waals surface area contributed by atoms with Crippen molar-refractivity contribution in [2.45, 2.75) is 77.0 Å². The Morgan fingerprint density at radius 1 is 1.12 bits per heavy atom. The molecule has 2 N–H and O–H groups in total. The standard InChI is InChI=1S/C25H41N5O2.HI/c1-4-32-25(31)30-16-14-22(15-17-30)28-24(26-2)27-18-20-10-8-9-11-21(20)19-29(3)23-12-6-5-7-13-23;/h8-11,22-23H,4-7,12-19H2,1-3H3,(H2,26,27,28);1H. The second-order valence-corrected chi connectivity index (χ2v) is 9.01. The van der Waals surface area contributed by atoms with Crippen molar-refractivity contribution in [1.82, 2.24) is 20.4 Å². The number of hydrogen-bond donors (Lipinski definition) is 2. The van der Waals surface area contributed by atoms with Gasteiger partial charge in [0.15, 0.2) is 5.96 Å². The van der Waals surface area contributed by atoms with Crippen LogP contribution in [0.15, 0.2) is 29.3 Å². The summed E-state index contributed by atoms with van der Waals surface area (Å²) in [4.78, 5) is 20.6. The number of guanidine groups is 1. The fourth-order valence-electron chi connectivity index (χ4n) is 4.79. The number of ether oxygens (including phenoxy) is 1. The second-order valence-electron chi connectivity index (χ2n) is 9.01. The Labute approximate surface area is 216 Å². The predicted molar refractivity (Wildman–Crippen MR) is 145 cm³/mol. The van der Waals surface area contributed by atoms with E-state index in [1.54, 1.807) is 4.90 Å². The number of carbonyl (C=O) groups excluding carboxylic acids is 1. The number of carbonyl (C=O) groups is 1. The van der Waals surface area contributed by atoms with Gasteiger partial charge in [0.1, 0.15) is 0 Å². The molecule has 0 aromatic heterocycles. The Morgan fingerprint density at radius 3 is 2.42 bits per heavy atom. The Kier molecular flexibility index (Phi) is 12.3. The Balaban J connectivity index is 0.00000385. The molecular formula is C25H42IN5O2. The molecule has 1 amide bonds. The van der Waals surface area contributed by atoms with Crippen molar-refractivity contribution >= 4 is 36.0 Å². The van der Waals surface area contributed by atoms with E-state index in [1.807, 2.05) is 14.0 Å². The van der Waals surface area contributed by atoms with E-state index in [0.29, 0.717) is 31.8 Å². The molecule has 1 aliphatic carbocycles. The van der Waals surface area contributed by atoms with Gasteiger partial charge in [0.2, 0.25) is 0 Å². The number of aliphatic imine (C=N–C) groups is 1. The van der Waals surface area contributed by atoms with Crippen molar-refractivity contribution in [2.75, 3.05) is 33.8 Å². The molecule has 1 aliphatic heterocycles. The summed E-state index contributed by atoms with van der Waals surface area (Å²) < 4.78 is 5.11. The van der Waals surface area contributed by atoms with Crippen molar-refractivity contribution in [3.05, 3.63) is 35.4 Å². The van der Waals surface area contributed by atoms with Gasteiger partial charge < -0.3 is 20.3 Å². The van der Waals surface area contributed by atoms with Gasteiger partial charge in [-0.3, -0.25) is 9.89 Å². The fraction of sp³-hybridized carbons (Fsp3) is 0.680. The van der Waals surface area contributed by atoms with Gasteiger partial charge >= 0.3 is 6.09 Å². The maximum Gasteiger partial charge on any atom is 0.409 e. The minimum absolute atomic E-state index is 0. The van der Waals surface area contributed by atoms with E-state index in [-0.39, 0.29) is 30.1 Å². The van der Waals surface area contributed by atoms with Crippen LogP contribution in [0.4, 0.5) is 4.79 Å². The van der Waals surface area contributed by atoms with E-state index in [4.69, 9.17) is 4.74 Å². The lowest BCUT2D eigenvalue weighted by atomic mass is 9.94. The molecule has 1 heterocycles. The van der Waals surface area contributed by atoms with Crippen LogP contribution < -0.4 is 10.6 Å². The van der Waals surface area contributed by atoms with Gasteiger partial charge in [-0.2, -0.15) is 0 Å². The molecule has 1 aromatic carbocycles. The first-order chi connectivity index (χ1) is 15.6. The molecule has 0 atom stereocenters. The van der Waals surface area contributed by atoms with E-state index in [2.05, 4.69) is 51.8 Å². The summed E-state index contributed by atoms with van der Waals surface area (Å²) >= 11 is 0. The smallest absolute Gasteiger partial charge is 0.409 e. The highest BCUT2D eigenvalue weighted by Gasteiger charge is 2.24. The van der Waals surface area contributed by atoms with Crippen LogP contribution in [0, 0.1) is 0 Å². The van der Waals surface area contributed by atoms with Gasteiger partial charge in [0.25, 0.3) is 0 Å². The summed E-state index contributed by atoms with van der Waals surface area (Å²) in [5, 5.41) is 7.02. The predicted octanol–water partition coefficient (Wildman–Crippen LogP) is 4.36. The van der Waals surface area contributed by atoms with Crippen LogP contribution in [0.5, 0.6) is 0 Å². The molecule has 33 heavy (non-hydrogen) atoms. The zero-order valence-corrected chi connectivity index (χ0v) is 22.8. The first-order valence-corrected chi connectivity index (χ1v) is 12.3. The zero-order valence-electron chi connectivity index (χ0n) is 20.5. The summed E-state index contributed by atoms with van der Waals surface area (Å²) in [5.41, 5.74) is 2.70. The van der Waals surface area contributed by atoms with Gasteiger partial charge in [0, 0.05) is 45.3 Å². The molecule has 0 bridgehead atoms. The van der Waals surface area contributed by atoms with E-state index in [9.17, 15) is 4.79 Å². The number of piperidine rings is 1. The molecule has 8 heteroatoms. The normalized spacial score (nSPS) is 18.1. The fourth-order valence-corrected chi connectivity index (χ4v) is 4.79. The molecule has 1 aromatic rings.